The van der Waals surface area contributed by atoms with E-state index in [1.54, 1.807) is 38.3 Å². The molecule has 1 aliphatic carbocycles. The quantitative estimate of drug-likeness (QED) is 0.596. The summed E-state index contributed by atoms with van der Waals surface area (Å²) in [4.78, 5) is 24.7. The SMILES string of the molecule is COC(=O)C(NC(=O)c1ccc(C#CCC(C)O)cc1)C1(OC)CCC1. The number of amides is 1. The van der Waals surface area contributed by atoms with Crippen LogP contribution in [0.2, 0.25) is 0 Å². The minimum atomic E-state index is -0.843. The fourth-order valence-electron chi connectivity index (χ4n) is 2.88. The molecular weight excluding hydrogens is 334 g/mol. The van der Waals surface area contributed by atoms with Gasteiger partial charge in [-0.3, -0.25) is 4.79 Å². The van der Waals surface area contributed by atoms with Crippen molar-refractivity contribution in [2.24, 2.45) is 0 Å². The molecule has 2 unspecified atom stereocenters. The lowest BCUT2D eigenvalue weighted by atomic mass is 9.74. The van der Waals surface area contributed by atoms with Gasteiger partial charge in [0.1, 0.15) is 0 Å². The first-order valence-electron chi connectivity index (χ1n) is 8.62. The number of esters is 1. The van der Waals surface area contributed by atoms with Crippen molar-refractivity contribution in [2.45, 2.75) is 50.4 Å². The molecule has 6 heteroatoms. The summed E-state index contributed by atoms with van der Waals surface area (Å²) >= 11 is 0. The van der Waals surface area contributed by atoms with E-state index < -0.39 is 23.7 Å². The maximum absolute atomic E-state index is 12.5. The smallest absolute Gasteiger partial charge is 0.331 e. The number of aliphatic hydroxyl groups excluding tert-OH is 1. The second kappa shape index (κ2) is 8.84. The lowest BCUT2D eigenvalue weighted by Gasteiger charge is -2.44. The van der Waals surface area contributed by atoms with Crippen molar-refractivity contribution in [1.29, 1.82) is 0 Å². The number of benzene rings is 1. The lowest BCUT2D eigenvalue weighted by Crippen LogP contribution is -2.61. The molecule has 2 atom stereocenters. The van der Waals surface area contributed by atoms with Crippen LogP contribution in [0.15, 0.2) is 24.3 Å². The lowest BCUT2D eigenvalue weighted by molar-refractivity contribution is -0.160. The molecule has 2 N–H and O–H groups in total. The van der Waals surface area contributed by atoms with Crippen LogP contribution in [-0.2, 0) is 14.3 Å². The highest BCUT2D eigenvalue weighted by molar-refractivity contribution is 5.97. The molecule has 1 saturated carbocycles. The number of hydrogen-bond acceptors (Lipinski definition) is 5. The number of aliphatic hydroxyl groups is 1. The van der Waals surface area contributed by atoms with Gasteiger partial charge < -0.3 is 19.9 Å². The third kappa shape index (κ3) is 4.63. The Bertz CT molecular complexity index is 690. The van der Waals surface area contributed by atoms with E-state index in [0.29, 0.717) is 24.8 Å². The van der Waals surface area contributed by atoms with Crippen molar-refractivity contribution in [3.63, 3.8) is 0 Å². The summed E-state index contributed by atoms with van der Waals surface area (Å²) in [6.45, 7) is 1.68. The summed E-state index contributed by atoms with van der Waals surface area (Å²) in [6, 6.07) is 5.91. The highest BCUT2D eigenvalue weighted by atomic mass is 16.5. The fourth-order valence-corrected chi connectivity index (χ4v) is 2.88. The van der Waals surface area contributed by atoms with Gasteiger partial charge in [0.05, 0.1) is 18.8 Å². The summed E-state index contributed by atoms with van der Waals surface area (Å²) < 4.78 is 10.4. The number of nitrogens with one attached hydrogen (secondary N) is 1. The zero-order chi connectivity index (χ0) is 19.2. The molecule has 1 aromatic rings. The highest BCUT2D eigenvalue weighted by Gasteiger charge is 2.49. The number of carbonyl (C=O) groups excluding carboxylic acids is 2. The summed E-state index contributed by atoms with van der Waals surface area (Å²) in [5.41, 5.74) is 0.472. The largest absolute Gasteiger partial charge is 0.467 e. The molecule has 0 heterocycles. The van der Waals surface area contributed by atoms with Crippen LogP contribution in [0.5, 0.6) is 0 Å². The number of hydrogen-bond donors (Lipinski definition) is 2. The number of methoxy groups -OCH3 is 2. The van der Waals surface area contributed by atoms with Gasteiger partial charge in [0, 0.05) is 24.7 Å². The van der Waals surface area contributed by atoms with Crippen LogP contribution in [0.3, 0.4) is 0 Å². The molecular formula is C20H25NO5. The average molecular weight is 359 g/mol. The van der Waals surface area contributed by atoms with Crippen LogP contribution < -0.4 is 5.32 Å². The van der Waals surface area contributed by atoms with E-state index in [9.17, 15) is 14.7 Å². The molecule has 140 valence electrons. The van der Waals surface area contributed by atoms with Gasteiger partial charge in [0.15, 0.2) is 6.04 Å². The van der Waals surface area contributed by atoms with Gasteiger partial charge in [-0.1, -0.05) is 11.8 Å². The number of rotatable bonds is 6. The maximum Gasteiger partial charge on any atom is 0.331 e. The molecule has 0 aromatic heterocycles. The Balaban J connectivity index is 2.09. The third-order valence-corrected chi connectivity index (χ3v) is 4.62. The summed E-state index contributed by atoms with van der Waals surface area (Å²) in [7, 11) is 2.84. The predicted octanol–water partition coefficient (Wildman–Crippen LogP) is 1.65. The minimum absolute atomic E-state index is 0.368. The molecule has 26 heavy (non-hydrogen) atoms. The Labute approximate surface area is 153 Å². The third-order valence-electron chi connectivity index (χ3n) is 4.62. The van der Waals surface area contributed by atoms with Crippen LogP contribution in [0.4, 0.5) is 0 Å². The molecule has 1 aliphatic rings. The van der Waals surface area contributed by atoms with Gasteiger partial charge >= 0.3 is 5.97 Å². The molecule has 0 spiro atoms. The van der Waals surface area contributed by atoms with Crippen LogP contribution in [0.25, 0.3) is 0 Å². The first kappa shape index (κ1) is 20.0. The monoisotopic (exact) mass is 359 g/mol. The molecule has 1 amide bonds. The molecule has 0 radical (unpaired) electrons. The normalized spacial score (nSPS) is 17.1. The zero-order valence-corrected chi connectivity index (χ0v) is 15.4. The van der Waals surface area contributed by atoms with E-state index in [2.05, 4.69) is 17.2 Å². The van der Waals surface area contributed by atoms with Gasteiger partial charge in [0.25, 0.3) is 5.91 Å². The van der Waals surface area contributed by atoms with Crippen molar-refractivity contribution in [2.75, 3.05) is 14.2 Å². The molecule has 1 aromatic carbocycles. The zero-order valence-electron chi connectivity index (χ0n) is 15.4. The first-order valence-corrected chi connectivity index (χ1v) is 8.62. The standard InChI is InChI=1S/C20H25NO5/c1-14(22)6-4-7-15-8-10-16(11-9-15)18(23)21-17(19(24)25-2)20(26-3)12-5-13-20/h8-11,14,17,22H,5-6,12-13H2,1-3H3,(H,21,23). The van der Waals surface area contributed by atoms with E-state index in [-0.39, 0.29) is 5.91 Å². The predicted molar refractivity (Wildman–Crippen MR) is 96.5 cm³/mol. The Morgan fingerprint density at radius 1 is 1.27 bits per heavy atom. The molecule has 0 bridgehead atoms. The van der Waals surface area contributed by atoms with Gasteiger partial charge in [0.2, 0.25) is 0 Å². The summed E-state index contributed by atoms with van der Waals surface area (Å²) in [5.74, 6) is 4.91. The van der Waals surface area contributed by atoms with E-state index >= 15 is 0 Å². The number of carbonyl (C=O) groups is 2. The van der Waals surface area contributed by atoms with Crippen LogP contribution >= 0.6 is 0 Å². The van der Waals surface area contributed by atoms with E-state index in [4.69, 9.17) is 9.47 Å². The Kier molecular flexibility index (Phi) is 6.78. The Morgan fingerprint density at radius 3 is 2.38 bits per heavy atom. The Hall–Kier alpha value is -2.36. The van der Waals surface area contributed by atoms with Crippen molar-refractivity contribution in [3.05, 3.63) is 35.4 Å². The second-order valence-electron chi connectivity index (χ2n) is 6.48. The van der Waals surface area contributed by atoms with Gasteiger partial charge in [-0.2, -0.15) is 0 Å². The maximum atomic E-state index is 12.5. The summed E-state index contributed by atoms with van der Waals surface area (Å²) in [6.07, 6.45) is 2.25. The van der Waals surface area contributed by atoms with Crippen molar-refractivity contribution in [3.8, 4) is 11.8 Å². The second-order valence-corrected chi connectivity index (χ2v) is 6.48. The van der Waals surface area contributed by atoms with Crippen LogP contribution in [0, 0.1) is 11.8 Å². The van der Waals surface area contributed by atoms with Crippen LogP contribution in [-0.4, -0.2) is 48.9 Å². The van der Waals surface area contributed by atoms with Crippen molar-refractivity contribution >= 4 is 11.9 Å². The molecule has 6 nitrogen and oxygen atoms in total. The topological polar surface area (TPSA) is 84.9 Å². The van der Waals surface area contributed by atoms with Crippen molar-refractivity contribution in [1.82, 2.24) is 5.32 Å². The first-order chi connectivity index (χ1) is 12.4. The fraction of sp³-hybridized carbons (Fsp3) is 0.500. The van der Waals surface area contributed by atoms with E-state index in [1.807, 2.05) is 0 Å². The summed E-state index contributed by atoms with van der Waals surface area (Å²) in [5, 5.41) is 12.0. The Morgan fingerprint density at radius 2 is 1.92 bits per heavy atom. The minimum Gasteiger partial charge on any atom is -0.467 e. The van der Waals surface area contributed by atoms with Crippen LogP contribution in [0.1, 0.15) is 48.5 Å². The van der Waals surface area contributed by atoms with Gasteiger partial charge in [-0.15, -0.1) is 0 Å². The van der Waals surface area contributed by atoms with Gasteiger partial charge in [-0.25, -0.2) is 4.79 Å². The molecule has 1 fully saturated rings. The van der Waals surface area contributed by atoms with Crippen molar-refractivity contribution < 1.29 is 24.2 Å². The average Bonchev–Trinajstić information content (AvgIpc) is 2.59. The molecule has 2 rings (SSSR count). The molecule has 0 saturated heterocycles. The van der Waals surface area contributed by atoms with E-state index in [1.165, 1.54) is 7.11 Å². The van der Waals surface area contributed by atoms with Gasteiger partial charge in [-0.05, 0) is 50.5 Å². The van der Waals surface area contributed by atoms with E-state index in [0.717, 1.165) is 12.0 Å². The highest BCUT2D eigenvalue weighted by Crippen LogP contribution is 2.38. The number of ether oxygens (including phenoxy) is 2. The molecule has 0 aliphatic heterocycles.